The average Bonchev–Trinajstić information content (AvgIpc) is 3.02. The highest BCUT2D eigenvalue weighted by Gasteiger charge is 2.29. The van der Waals surface area contributed by atoms with E-state index in [9.17, 15) is 4.79 Å². The highest BCUT2D eigenvalue weighted by molar-refractivity contribution is 5.84. The molecule has 0 radical (unpaired) electrons. The largest absolute Gasteiger partial charge is 0.494 e. The van der Waals surface area contributed by atoms with Crippen LogP contribution in [0.15, 0.2) is 24.3 Å². The summed E-state index contributed by atoms with van der Waals surface area (Å²) in [5.41, 5.74) is 4.09. The van der Waals surface area contributed by atoms with Gasteiger partial charge in [-0.05, 0) is 61.2 Å². The molecular weight excluding hydrogens is 458 g/mol. The summed E-state index contributed by atoms with van der Waals surface area (Å²) in [5, 5.41) is 3.14. The number of carbonyl (C=O) groups excluding carboxylic acids is 1. The number of aryl methyl sites for hydroxylation is 1. The highest BCUT2D eigenvalue weighted by atomic mass is 16.5. The number of fused-ring (bicyclic) bond motifs is 3. The van der Waals surface area contributed by atoms with Crippen molar-refractivity contribution < 1.29 is 23.7 Å². The van der Waals surface area contributed by atoms with Crippen LogP contribution in [0, 0.1) is 0 Å². The molecule has 36 heavy (non-hydrogen) atoms. The third kappa shape index (κ3) is 5.71. The zero-order chi connectivity index (χ0) is 25.7. The van der Waals surface area contributed by atoms with Crippen LogP contribution >= 0.6 is 0 Å². The number of piperazine rings is 1. The van der Waals surface area contributed by atoms with Crippen molar-refractivity contribution in [1.82, 2.24) is 15.1 Å². The lowest BCUT2D eigenvalue weighted by atomic mass is 9.93. The number of nitrogens with zero attached hydrogens (tertiary/aromatic N) is 2. The first-order chi connectivity index (χ1) is 17.4. The lowest BCUT2D eigenvalue weighted by molar-refractivity contribution is -0.119. The van der Waals surface area contributed by atoms with Gasteiger partial charge in [-0.25, -0.2) is 0 Å². The van der Waals surface area contributed by atoms with E-state index in [2.05, 4.69) is 34.3 Å². The molecule has 1 aliphatic heterocycles. The van der Waals surface area contributed by atoms with Gasteiger partial charge in [-0.1, -0.05) is 6.07 Å². The molecule has 2 aliphatic rings. The maximum atomic E-state index is 12.1. The quantitative estimate of drug-likeness (QED) is 0.532. The lowest BCUT2D eigenvalue weighted by Gasteiger charge is -2.32. The van der Waals surface area contributed by atoms with Gasteiger partial charge in [0.25, 0.3) is 0 Å². The van der Waals surface area contributed by atoms with Crippen LogP contribution in [0.4, 0.5) is 0 Å². The van der Waals surface area contributed by atoms with Crippen molar-refractivity contribution in [3.05, 3.63) is 35.4 Å². The Balaban J connectivity index is 1.60. The van der Waals surface area contributed by atoms with Gasteiger partial charge in [-0.3, -0.25) is 4.79 Å². The van der Waals surface area contributed by atoms with Crippen LogP contribution in [0.5, 0.6) is 23.0 Å². The van der Waals surface area contributed by atoms with Gasteiger partial charge in [-0.2, -0.15) is 0 Å². The number of methoxy groups -OCH3 is 3. The minimum atomic E-state index is -0.138. The molecule has 8 heteroatoms. The molecule has 1 fully saturated rings. The molecule has 1 amide bonds. The smallest absolute Gasteiger partial charge is 0.217 e. The SMILES string of the molecule is COc1cc2c(c(OC)c1OC)-c1ccc(OCCCN3CCN(C)CC3)cc1C(NC(C)=O)CC2. The molecule has 2 aromatic carbocycles. The molecule has 0 aromatic heterocycles. The highest BCUT2D eigenvalue weighted by Crippen LogP contribution is 2.50. The van der Waals surface area contributed by atoms with Crippen LogP contribution in [-0.2, 0) is 11.2 Å². The number of carbonyl (C=O) groups is 1. The summed E-state index contributed by atoms with van der Waals surface area (Å²) in [7, 11) is 7.06. The first kappa shape index (κ1) is 26.1. The van der Waals surface area contributed by atoms with Gasteiger partial charge in [0, 0.05) is 45.2 Å². The summed E-state index contributed by atoms with van der Waals surface area (Å²) < 4.78 is 23.3. The summed E-state index contributed by atoms with van der Waals surface area (Å²) in [6, 6.07) is 8.01. The molecule has 1 atom stereocenters. The monoisotopic (exact) mass is 497 g/mol. The number of likely N-dealkylation sites (N-methyl/N-ethyl adjacent to an activating group) is 1. The van der Waals surface area contributed by atoms with Crippen molar-refractivity contribution in [2.24, 2.45) is 0 Å². The molecule has 4 rings (SSSR count). The molecule has 1 heterocycles. The molecule has 1 unspecified atom stereocenters. The van der Waals surface area contributed by atoms with E-state index < -0.39 is 0 Å². The Hall–Kier alpha value is -2.97. The second kappa shape index (κ2) is 11.8. The summed E-state index contributed by atoms with van der Waals surface area (Å²) in [6.45, 7) is 7.73. The fourth-order valence-corrected chi connectivity index (χ4v) is 5.25. The minimum absolute atomic E-state index is 0.0578. The normalized spacial score (nSPS) is 18.0. The molecule has 196 valence electrons. The molecule has 1 aliphatic carbocycles. The third-order valence-corrected chi connectivity index (χ3v) is 7.14. The van der Waals surface area contributed by atoms with Gasteiger partial charge in [0.2, 0.25) is 11.7 Å². The van der Waals surface area contributed by atoms with Crippen LogP contribution in [0.1, 0.15) is 36.9 Å². The second-order valence-corrected chi connectivity index (χ2v) is 9.57. The summed E-state index contributed by atoms with van der Waals surface area (Å²) >= 11 is 0. The van der Waals surface area contributed by atoms with Gasteiger partial charge in [0.15, 0.2) is 11.5 Å². The predicted octanol–water partition coefficient (Wildman–Crippen LogP) is 3.52. The molecule has 8 nitrogen and oxygen atoms in total. The van der Waals surface area contributed by atoms with Gasteiger partial charge < -0.3 is 34.1 Å². The van der Waals surface area contributed by atoms with Crippen molar-refractivity contribution in [3.63, 3.8) is 0 Å². The number of benzene rings is 2. The van der Waals surface area contributed by atoms with Gasteiger partial charge >= 0.3 is 0 Å². The van der Waals surface area contributed by atoms with Crippen LogP contribution in [-0.4, -0.2) is 83.4 Å². The Morgan fingerprint density at radius 2 is 1.78 bits per heavy atom. The number of amides is 1. The van der Waals surface area contributed by atoms with E-state index in [1.165, 1.54) is 0 Å². The van der Waals surface area contributed by atoms with Crippen LogP contribution < -0.4 is 24.3 Å². The first-order valence-corrected chi connectivity index (χ1v) is 12.7. The van der Waals surface area contributed by atoms with Crippen molar-refractivity contribution >= 4 is 5.91 Å². The Morgan fingerprint density at radius 1 is 1.03 bits per heavy atom. The van der Waals surface area contributed by atoms with E-state index in [0.29, 0.717) is 23.9 Å². The Bertz CT molecular complexity index is 1070. The van der Waals surface area contributed by atoms with E-state index in [-0.39, 0.29) is 11.9 Å². The number of hydrogen-bond acceptors (Lipinski definition) is 7. The summed E-state index contributed by atoms with van der Waals surface area (Å²) in [4.78, 5) is 16.9. The van der Waals surface area contributed by atoms with Crippen LogP contribution in [0.3, 0.4) is 0 Å². The fraction of sp³-hybridized carbons (Fsp3) is 0.536. The van der Waals surface area contributed by atoms with Gasteiger partial charge in [0.05, 0.1) is 34.0 Å². The minimum Gasteiger partial charge on any atom is -0.494 e. The maximum absolute atomic E-state index is 12.1. The van der Waals surface area contributed by atoms with Crippen molar-refractivity contribution in [2.45, 2.75) is 32.2 Å². The first-order valence-electron chi connectivity index (χ1n) is 12.7. The molecule has 2 aromatic rings. The second-order valence-electron chi connectivity index (χ2n) is 9.57. The van der Waals surface area contributed by atoms with Gasteiger partial charge in [0.1, 0.15) is 5.75 Å². The standard InChI is InChI=1S/C28H39N3O5/c1-19(32)29-24-10-7-20-17-25(33-3)27(34-4)28(35-5)26(20)22-9-8-21(18-23(22)24)36-16-6-11-31-14-12-30(2)13-15-31/h8-9,17-18,24H,6-7,10-16H2,1-5H3,(H,29,32). The zero-order valence-corrected chi connectivity index (χ0v) is 22.2. The molecule has 0 spiro atoms. The topological polar surface area (TPSA) is 72.5 Å². The molecule has 0 bridgehead atoms. The number of ether oxygens (including phenoxy) is 4. The van der Waals surface area contributed by atoms with E-state index in [1.54, 1.807) is 28.3 Å². The van der Waals surface area contributed by atoms with Crippen molar-refractivity contribution in [3.8, 4) is 34.1 Å². The Morgan fingerprint density at radius 3 is 2.44 bits per heavy atom. The number of rotatable bonds is 9. The lowest BCUT2D eigenvalue weighted by Crippen LogP contribution is -2.44. The third-order valence-electron chi connectivity index (χ3n) is 7.14. The van der Waals surface area contributed by atoms with Crippen molar-refractivity contribution in [2.75, 3.05) is 67.7 Å². The maximum Gasteiger partial charge on any atom is 0.217 e. The summed E-state index contributed by atoms with van der Waals surface area (Å²) in [5.74, 6) is 2.58. The van der Waals surface area contributed by atoms with Gasteiger partial charge in [-0.15, -0.1) is 0 Å². The van der Waals surface area contributed by atoms with E-state index in [0.717, 1.165) is 80.0 Å². The van der Waals surface area contributed by atoms with E-state index >= 15 is 0 Å². The average molecular weight is 498 g/mol. The summed E-state index contributed by atoms with van der Waals surface area (Å²) in [6.07, 6.45) is 2.49. The Kier molecular flexibility index (Phi) is 8.59. The van der Waals surface area contributed by atoms with Crippen LogP contribution in [0.2, 0.25) is 0 Å². The zero-order valence-electron chi connectivity index (χ0n) is 22.2. The van der Waals surface area contributed by atoms with Crippen LogP contribution in [0.25, 0.3) is 11.1 Å². The molecule has 1 N–H and O–H groups in total. The number of nitrogens with one attached hydrogen (secondary N) is 1. The number of hydrogen-bond donors (Lipinski definition) is 1. The van der Waals surface area contributed by atoms with E-state index in [1.807, 2.05) is 12.1 Å². The molecule has 0 saturated carbocycles. The van der Waals surface area contributed by atoms with Crippen molar-refractivity contribution in [1.29, 1.82) is 0 Å². The molecular formula is C28H39N3O5. The Labute approximate surface area is 214 Å². The van der Waals surface area contributed by atoms with E-state index in [4.69, 9.17) is 18.9 Å². The predicted molar refractivity (Wildman–Crippen MR) is 140 cm³/mol. The molecule has 1 saturated heterocycles. The fourth-order valence-electron chi connectivity index (χ4n) is 5.25.